The van der Waals surface area contributed by atoms with Crippen molar-refractivity contribution in [2.24, 2.45) is 0 Å². The Kier molecular flexibility index (Phi) is 7.29. The zero-order valence-corrected chi connectivity index (χ0v) is 18.9. The van der Waals surface area contributed by atoms with Crippen LogP contribution < -0.4 is 10.9 Å². The molecule has 0 spiro atoms. The molecule has 1 aromatic carbocycles. The second-order valence-electron chi connectivity index (χ2n) is 7.95. The highest BCUT2D eigenvalue weighted by molar-refractivity contribution is 7.18. The van der Waals surface area contributed by atoms with E-state index < -0.39 is 0 Å². The lowest BCUT2D eigenvalue weighted by molar-refractivity contribution is -0.125. The minimum atomic E-state index is -0.352. The third-order valence-corrected chi connectivity index (χ3v) is 6.47. The summed E-state index contributed by atoms with van der Waals surface area (Å²) in [7, 11) is 0. The van der Waals surface area contributed by atoms with E-state index in [-0.39, 0.29) is 41.8 Å². The third-order valence-electron chi connectivity index (χ3n) is 5.45. The molecule has 0 bridgehead atoms. The van der Waals surface area contributed by atoms with Crippen molar-refractivity contribution in [1.82, 2.24) is 14.5 Å². The van der Waals surface area contributed by atoms with Crippen molar-refractivity contribution < 1.29 is 14.0 Å². The van der Waals surface area contributed by atoms with E-state index in [1.807, 2.05) is 4.90 Å². The summed E-state index contributed by atoms with van der Waals surface area (Å²) in [5, 5.41) is 3.35. The number of benzene rings is 1. The molecular formula is C24H25FN4O3S. The van der Waals surface area contributed by atoms with Crippen LogP contribution in [0.4, 0.5) is 10.1 Å². The first-order chi connectivity index (χ1) is 16.0. The summed E-state index contributed by atoms with van der Waals surface area (Å²) in [6, 6.07) is 7.68. The number of amides is 2. The number of unbranched alkanes of at least 4 members (excludes halogenated alkanes) is 1. The normalized spacial score (nSPS) is 13.8. The number of allylic oxidation sites excluding steroid dienone is 1. The molecule has 0 aliphatic carbocycles. The zero-order valence-electron chi connectivity index (χ0n) is 18.1. The summed E-state index contributed by atoms with van der Waals surface area (Å²) in [4.78, 5) is 43.2. The number of hydrogen-bond acceptors (Lipinski definition) is 5. The highest BCUT2D eigenvalue weighted by Crippen LogP contribution is 2.23. The van der Waals surface area contributed by atoms with Gasteiger partial charge in [-0.25, -0.2) is 9.37 Å². The van der Waals surface area contributed by atoms with E-state index in [1.54, 1.807) is 36.5 Å². The molecule has 7 nitrogen and oxygen atoms in total. The second-order valence-corrected chi connectivity index (χ2v) is 9.06. The van der Waals surface area contributed by atoms with Crippen molar-refractivity contribution in [3.05, 3.63) is 69.9 Å². The Bertz CT molecular complexity index is 1240. The first kappa shape index (κ1) is 22.8. The van der Waals surface area contributed by atoms with Gasteiger partial charge in [-0.3, -0.25) is 14.4 Å². The van der Waals surface area contributed by atoms with E-state index in [9.17, 15) is 18.8 Å². The summed E-state index contributed by atoms with van der Waals surface area (Å²) < 4.78 is 15.7. The number of anilines is 1. The molecule has 1 fully saturated rings. The second kappa shape index (κ2) is 10.5. The van der Waals surface area contributed by atoms with Crippen molar-refractivity contribution in [2.75, 3.05) is 18.4 Å². The smallest absolute Gasteiger partial charge is 0.274 e. The Labute approximate surface area is 194 Å². The van der Waals surface area contributed by atoms with Gasteiger partial charge in [0.25, 0.3) is 5.56 Å². The molecular weight excluding hydrogens is 443 g/mol. The number of likely N-dealkylation sites (tertiary alicyclic amines) is 1. The van der Waals surface area contributed by atoms with Crippen molar-refractivity contribution in [1.29, 1.82) is 0 Å². The van der Waals surface area contributed by atoms with Gasteiger partial charge >= 0.3 is 0 Å². The molecule has 1 saturated heterocycles. The number of aromatic nitrogens is 2. The average molecular weight is 469 g/mol. The van der Waals surface area contributed by atoms with Crippen molar-refractivity contribution in [2.45, 2.75) is 38.6 Å². The Morgan fingerprint density at radius 2 is 2.03 bits per heavy atom. The predicted octanol–water partition coefficient (Wildman–Crippen LogP) is 3.93. The molecule has 172 valence electrons. The van der Waals surface area contributed by atoms with Gasteiger partial charge in [0.15, 0.2) is 0 Å². The molecule has 1 N–H and O–H groups in total. The lowest BCUT2D eigenvalue weighted by Gasteiger charge is -2.11. The number of carbonyl (C=O) groups excluding carboxylic acids is 2. The van der Waals surface area contributed by atoms with Crippen LogP contribution in [0.5, 0.6) is 0 Å². The average Bonchev–Trinajstić information content (AvgIpc) is 3.46. The maximum absolute atomic E-state index is 13.4. The minimum Gasteiger partial charge on any atom is -0.339 e. The Morgan fingerprint density at radius 1 is 1.21 bits per heavy atom. The van der Waals surface area contributed by atoms with E-state index >= 15 is 0 Å². The van der Waals surface area contributed by atoms with E-state index in [1.165, 1.54) is 28.0 Å². The number of nitrogens with one attached hydrogen (secondary N) is 1. The topological polar surface area (TPSA) is 84.3 Å². The number of nitrogens with zero attached hydrogens (tertiary/aromatic N) is 3. The molecule has 1 aliphatic rings. The van der Waals surface area contributed by atoms with Crippen LogP contribution in [0.2, 0.25) is 0 Å². The van der Waals surface area contributed by atoms with Crippen LogP contribution in [0.25, 0.3) is 10.2 Å². The quantitative estimate of drug-likeness (QED) is 0.401. The lowest BCUT2D eigenvalue weighted by atomic mass is 10.2. The number of thiazole rings is 1. The number of fused-ring (bicyclic) bond motifs is 1. The number of halogens is 1. The molecule has 1 aliphatic heterocycles. The summed E-state index contributed by atoms with van der Waals surface area (Å²) in [6.07, 6.45) is 8.57. The molecule has 0 radical (unpaired) electrons. The van der Waals surface area contributed by atoms with E-state index in [4.69, 9.17) is 0 Å². The Balaban J connectivity index is 1.30. The maximum Gasteiger partial charge on any atom is 0.274 e. The van der Waals surface area contributed by atoms with Crippen LogP contribution in [0, 0.1) is 5.82 Å². The van der Waals surface area contributed by atoms with Gasteiger partial charge in [0, 0.05) is 31.8 Å². The zero-order chi connectivity index (χ0) is 23.2. The molecule has 33 heavy (non-hydrogen) atoms. The predicted molar refractivity (Wildman–Crippen MR) is 127 cm³/mol. The molecule has 2 aromatic heterocycles. The largest absolute Gasteiger partial charge is 0.339 e. The fourth-order valence-electron chi connectivity index (χ4n) is 3.74. The third kappa shape index (κ3) is 5.92. The standard InChI is InChI=1S/C24H25FN4O3S/c25-17-10-11-20-19(15-17)27-22(33-20)16-29-14-6-7-18(24(29)32)26-21(30)8-2-1-3-9-23(31)28-12-4-5-13-28/h3,6-7,9-11,14-15H,1-2,4-5,8,12-13,16H2,(H,26,30)/b9-3+. The fourth-order valence-corrected chi connectivity index (χ4v) is 4.69. The fraction of sp³-hybridized carbons (Fsp3) is 0.333. The van der Waals surface area contributed by atoms with E-state index in [2.05, 4.69) is 10.3 Å². The van der Waals surface area contributed by atoms with Crippen molar-refractivity contribution in [3.8, 4) is 0 Å². The van der Waals surface area contributed by atoms with Crippen LogP contribution >= 0.6 is 11.3 Å². The Morgan fingerprint density at radius 3 is 2.85 bits per heavy atom. The summed E-state index contributed by atoms with van der Waals surface area (Å²) in [5.74, 6) is -0.575. The SMILES string of the molecule is O=C(CCC/C=C/C(=O)N1CCCC1)Nc1cccn(Cc2nc3cc(F)ccc3s2)c1=O. The van der Waals surface area contributed by atoms with Crippen molar-refractivity contribution >= 4 is 39.1 Å². The van der Waals surface area contributed by atoms with Gasteiger partial charge in [0.05, 0.1) is 16.8 Å². The molecule has 9 heteroatoms. The molecule has 3 aromatic rings. The van der Waals surface area contributed by atoms with Crippen LogP contribution in [0.15, 0.2) is 53.5 Å². The molecule has 0 saturated carbocycles. The number of rotatable bonds is 8. The first-order valence-electron chi connectivity index (χ1n) is 11.0. The highest BCUT2D eigenvalue weighted by Gasteiger charge is 2.15. The van der Waals surface area contributed by atoms with Crippen LogP contribution in [0.1, 0.15) is 37.1 Å². The molecule has 4 rings (SSSR count). The van der Waals surface area contributed by atoms with Gasteiger partial charge in [-0.15, -0.1) is 11.3 Å². The molecule has 0 unspecified atom stereocenters. The molecule has 2 amide bonds. The van der Waals surface area contributed by atoms with Gasteiger partial charge < -0.3 is 14.8 Å². The molecule has 3 heterocycles. The van der Waals surface area contributed by atoms with Gasteiger partial charge in [-0.2, -0.15) is 0 Å². The van der Waals surface area contributed by atoms with Crippen LogP contribution in [0.3, 0.4) is 0 Å². The van der Waals surface area contributed by atoms with Crippen molar-refractivity contribution in [3.63, 3.8) is 0 Å². The highest BCUT2D eigenvalue weighted by atomic mass is 32.1. The Hall–Kier alpha value is -3.33. The summed E-state index contributed by atoms with van der Waals surface area (Å²) >= 11 is 1.40. The maximum atomic E-state index is 13.4. The number of hydrogen-bond donors (Lipinski definition) is 1. The van der Waals surface area contributed by atoms with Gasteiger partial charge in [0.1, 0.15) is 16.5 Å². The minimum absolute atomic E-state index is 0.0278. The monoisotopic (exact) mass is 468 g/mol. The van der Waals surface area contributed by atoms with Gasteiger partial charge in [-0.1, -0.05) is 6.08 Å². The van der Waals surface area contributed by atoms with E-state index in [0.29, 0.717) is 23.4 Å². The van der Waals surface area contributed by atoms with Gasteiger partial charge in [0.2, 0.25) is 11.8 Å². The van der Waals surface area contributed by atoms with E-state index in [0.717, 1.165) is 30.6 Å². The lowest BCUT2D eigenvalue weighted by Crippen LogP contribution is -2.25. The van der Waals surface area contributed by atoms with Gasteiger partial charge in [-0.05, 0) is 56.0 Å². The van der Waals surface area contributed by atoms with Crippen LogP contribution in [-0.4, -0.2) is 39.4 Å². The summed E-state index contributed by atoms with van der Waals surface area (Å²) in [5.41, 5.74) is 0.436. The number of pyridine rings is 1. The van der Waals surface area contributed by atoms with Crippen LogP contribution in [-0.2, 0) is 16.1 Å². The molecule has 0 atom stereocenters. The number of carbonyl (C=O) groups is 2. The summed E-state index contributed by atoms with van der Waals surface area (Å²) in [6.45, 7) is 1.87. The first-order valence-corrected chi connectivity index (χ1v) is 11.8.